The molecule has 0 aromatic rings. The van der Waals surface area contributed by atoms with Gasteiger partial charge in [0.15, 0.2) is 0 Å². The van der Waals surface area contributed by atoms with E-state index >= 15 is 0 Å². The standard InChI is InChI=1S/C14H26N4O5/c1-6(2)10(13(21)17-9(5)14(22)23)18-12(20)8(4)16-11(19)7(3)15/h6-10H,15H2,1-5H3,(H,16,19)(H,17,21)(H,18,20)(H,22,23). The van der Waals surface area contributed by atoms with Crippen LogP contribution in [0.1, 0.15) is 34.6 Å². The third kappa shape index (κ3) is 7.09. The van der Waals surface area contributed by atoms with Crippen LogP contribution in [0.2, 0.25) is 0 Å². The second kappa shape index (κ2) is 9.09. The molecule has 4 unspecified atom stereocenters. The van der Waals surface area contributed by atoms with E-state index in [2.05, 4.69) is 16.0 Å². The van der Waals surface area contributed by atoms with Crippen molar-refractivity contribution < 1.29 is 24.3 Å². The van der Waals surface area contributed by atoms with Crippen molar-refractivity contribution in [2.24, 2.45) is 11.7 Å². The van der Waals surface area contributed by atoms with Crippen molar-refractivity contribution in [2.75, 3.05) is 0 Å². The van der Waals surface area contributed by atoms with Crippen LogP contribution in [0.15, 0.2) is 0 Å². The Morgan fingerprint density at radius 1 is 0.783 bits per heavy atom. The van der Waals surface area contributed by atoms with Gasteiger partial charge in [-0.2, -0.15) is 0 Å². The maximum atomic E-state index is 12.1. The van der Waals surface area contributed by atoms with Crippen molar-refractivity contribution in [2.45, 2.75) is 58.8 Å². The molecule has 0 aliphatic carbocycles. The van der Waals surface area contributed by atoms with Gasteiger partial charge >= 0.3 is 5.97 Å². The summed E-state index contributed by atoms with van der Waals surface area (Å²) in [4.78, 5) is 46.4. The zero-order valence-electron chi connectivity index (χ0n) is 14.0. The topological polar surface area (TPSA) is 151 Å². The van der Waals surface area contributed by atoms with Crippen molar-refractivity contribution in [3.63, 3.8) is 0 Å². The summed E-state index contributed by atoms with van der Waals surface area (Å²) in [6.45, 7) is 7.69. The molecule has 9 heteroatoms. The molecule has 132 valence electrons. The minimum Gasteiger partial charge on any atom is -0.480 e. The molecular weight excluding hydrogens is 304 g/mol. The molecule has 3 amide bonds. The van der Waals surface area contributed by atoms with Gasteiger partial charge in [-0.3, -0.25) is 19.2 Å². The fourth-order valence-corrected chi connectivity index (χ4v) is 1.59. The predicted molar refractivity (Wildman–Crippen MR) is 83.3 cm³/mol. The molecule has 0 aromatic carbocycles. The summed E-state index contributed by atoms with van der Waals surface area (Å²) in [5.74, 6) is -3.09. The molecular formula is C14H26N4O5. The first-order valence-corrected chi connectivity index (χ1v) is 7.36. The van der Waals surface area contributed by atoms with Crippen molar-refractivity contribution >= 4 is 23.7 Å². The molecule has 0 saturated carbocycles. The molecule has 0 heterocycles. The van der Waals surface area contributed by atoms with Gasteiger partial charge in [0.2, 0.25) is 17.7 Å². The molecule has 9 nitrogen and oxygen atoms in total. The molecule has 0 aliphatic rings. The van der Waals surface area contributed by atoms with E-state index in [0.29, 0.717) is 0 Å². The Labute approximate surface area is 135 Å². The van der Waals surface area contributed by atoms with Gasteiger partial charge in [0.1, 0.15) is 18.1 Å². The second-order valence-corrected chi connectivity index (χ2v) is 5.82. The van der Waals surface area contributed by atoms with Crippen LogP contribution in [0.4, 0.5) is 0 Å². The first-order chi connectivity index (χ1) is 10.5. The molecule has 4 atom stereocenters. The number of nitrogens with one attached hydrogen (secondary N) is 3. The Kier molecular flexibility index (Phi) is 8.23. The normalized spacial score (nSPS) is 16.0. The summed E-state index contributed by atoms with van der Waals surface area (Å²) in [6, 6.07) is -3.62. The fourth-order valence-electron chi connectivity index (χ4n) is 1.59. The summed E-state index contributed by atoms with van der Waals surface area (Å²) >= 11 is 0. The van der Waals surface area contributed by atoms with Crippen LogP contribution in [-0.4, -0.2) is 53.0 Å². The fraction of sp³-hybridized carbons (Fsp3) is 0.714. The lowest BCUT2D eigenvalue weighted by atomic mass is 10.0. The average molecular weight is 330 g/mol. The lowest BCUT2D eigenvalue weighted by molar-refractivity contribution is -0.142. The maximum absolute atomic E-state index is 12.1. The molecule has 0 rings (SSSR count). The quantitative estimate of drug-likeness (QED) is 0.368. The maximum Gasteiger partial charge on any atom is 0.325 e. The Hall–Kier alpha value is -2.16. The van der Waals surface area contributed by atoms with Crippen LogP contribution < -0.4 is 21.7 Å². The van der Waals surface area contributed by atoms with Crippen LogP contribution in [-0.2, 0) is 19.2 Å². The highest BCUT2D eigenvalue weighted by molar-refractivity contribution is 5.93. The summed E-state index contributed by atoms with van der Waals surface area (Å²) in [5.41, 5.74) is 5.40. The van der Waals surface area contributed by atoms with Gasteiger partial charge in [-0.05, 0) is 26.7 Å². The smallest absolute Gasteiger partial charge is 0.325 e. The van der Waals surface area contributed by atoms with Crippen LogP contribution in [0.5, 0.6) is 0 Å². The Morgan fingerprint density at radius 2 is 1.26 bits per heavy atom. The Balaban J connectivity index is 4.81. The third-order valence-electron chi connectivity index (χ3n) is 3.14. The highest BCUT2D eigenvalue weighted by Crippen LogP contribution is 2.03. The monoisotopic (exact) mass is 330 g/mol. The average Bonchev–Trinajstić information content (AvgIpc) is 2.43. The lowest BCUT2D eigenvalue weighted by Crippen LogP contribution is -2.57. The summed E-state index contributed by atoms with van der Waals surface area (Å²) < 4.78 is 0. The minimum absolute atomic E-state index is 0.267. The number of carbonyl (C=O) groups excluding carboxylic acids is 3. The molecule has 23 heavy (non-hydrogen) atoms. The Bertz CT molecular complexity index is 464. The van der Waals surface area contributed by atoms with Gasteiger partial charge in [0.05, 0.1) is 6.04 Å². The zero-order valence-corrected chi connectivity index (χ0v) is 14.0. The molecule has 0 fully saturated rings. The number of amides is 3. The molecule has 6 N–H and O–H groups in total. The van der Waals surface area contributed by atoms with Crippen molar-refractivity contribution in [3.05, 3.63) is 0 Å². The molecule has 0 aromatic heterocycles. The summed E-state index contributed by atoms with van der Waals surface area (Å²) in [6.07, 6.45) is 0. The number of aliphatic carboxylic acids is 1. The molecule has 0 bridgehead atoms. The summed E-state index contributed by atoms with van der Waals surface area (Å²) in [7, 11) is 0. The molecule has 0 aliphatic heterocycles. The summed E-state index contributed by atoms with van der Waals surface area (Å²) in [5, 5.41) is 16.0. The van der Waals surface area contributed by atoms with Gasteiger partial charge in [0.25, 0.3) is 0 Å². The van der Waals surface area contributed by atoms with E-state index in [1.165, 1.54) is 20.8 Å². The predicted octanol–water partition coefficient (Wildman–Crippen LogP) is -1.43. The lowest BCUT2D eigenvalue weighted by Gasteiger charge is -2.25. The van der Waals surface area contributed by atoms with Gasteiger partial charge < -0.3 is 26.8 Å². The molecule has 0 spiro atoms. The van der Waals surface area contributed by atoms with Crippen LogP contribution in [0.3, 0.4) is 0 Å². The largest absolute Gasteiger partial charge is 0.480 e. The molecule has 0 radical (unpaired) electrons. The van der Waals surface area contributed by atoms with E-state index in [-0.39, 0.29) is 5.92 Å². The second-order valence-electron chi connectivity index (χ2n) is 5.82. The highest BCUT2D eigenvalue weighted by atomic mass is 16.4. The first-order valence-electron chi connectivity index (χ1n) is 7.36. The van der Waals surface area contributed by atoms with Crippen LogP contribution in [0.25, 0.3) is 0 Å². The van der Waals surface area contributed by atoms with E-state index in [0.717, 1.165) is 0 Å². The number of hydrogen-bond donors (Lipinski definition) is 5. The number of hydrogen-bond acceptors (Lipinski definition) is 5. The minimum atomic E-state index is -1.18. The third-order valence-corrected chi connectivity index (χ3v) is 3.14. The highest BCUT2D eigenvalue weighted by Gasteiger charge is 2.28. The zero-order chi connectivity index (χ0) is 18.3. The number of carbonyl (C=O) groups is 4. The number of nitrogens with two attached hydrogens (primary N) is 1. The first kappa shape index (κ1) is 20.8. The van der Waals surface area contributed by atoms with Crippen molar-refractivity contribution in [1.29, 1.82) is 0 Å². The Morgan fingerprint density at radius 3 is 1.65 bits per heavy atom. The van der Waals surface area contributed by atoms with Crippen molar-refractivity contribution in [3.8, 4) is 0 Å². The SMILES string of the molecule is CC(N)C(=O)NC(C)C(=O)NC(C(=O)NC(C)C(=O)O)C(C)C. The van der Waals surface area contributed by atoms with E-state index < -0.39 is 47.9 Å². The van der Waals surface area contributed by atoms with Crippen molar-refractivity contribution in [1.82, 2.24) is 16.0 Å². The van der Waals surface area contributed by atoms with Crippen LogP contribution in [0, 0.1) is 5.92 Å². The number of rotatable bonds is 8. The van der Waals surface area contributed by atoms with E-state index in [1.807, 2.05) is 0 Å². The van der Waals surface area contributed by atoms with E-state index in [4.69, 9.17) is 10.8 Å². The van der Waals surface area contributed by atoms with Gasteiger partial charge in [-0.25, -0.2) is 0 Å². The van der Waals surface area contributed by atoms with Gasteiger partial charge in [-0.15, -0.1) is 0 Å². The number of carboxylic acid groups (broad SMARTS) is 1. The molecule has 0 saturated heterocycles. The van der Waals surface area contributed by atoms with E-state index in [9.17, 15) is 19.2 Å². The van der Waals surface area contributed by atoms with Gasteiger partial charge in [0, 0.05) is 0 Å². The number of carboxylic acids is 1. The van der Waals surface area contributed by atoms with Crippen LogP contribution >= 0.6 is 0 Å². The van der Waals surface area contributed by atoms with E-state index in [1.54, 1.807) is 13.8 Å². The van der Waals surface area contributed by atoms with Gasteiger partial charge in [-0.1, -0.05) is 13.8 Å².